The van der Waals surface area contributed by atoms with Crippen molar-refractivity contribution in [3.8, 4) is 0 Å². The molecule has 0 unspecified atom stereocenters. The molecular formula is C12H20N4O3. The first kappa shape index (κ1) is 12.8. The minimum atomic E-state index is 0.0250. The molecule has 3 aliphatic rings. The zero-order chi connectivity index (χ0) is 13.2. The highest BCUT2D eigenvalue weighted by Gasteiger charge is 2.36. The third-order valence-electron chi connectivity index (χ3n) is 3.88. The molecule has 3 rings (SSSR count). The molecule has 0 N–H and O–H groups in total. The van der Waals surface area contributed by atoms with E-state index in [1.165, 1.54) is 0 Å². The Hall–Kier alpha value is -1.18. The smallest absolute Gasteiger partial charge is 0.256 e. The maximum Gasteiger partial charge on any atom is 0.256 e. The van der Waals surface area contributed by atoms with E-state index in [1.807, 2.05) is 5.01 Å². The summed E-state index contributed by atoms with van der Waals surface area (Å²) >= 11 is 0. The number of carbonyl (C=O) groups is 2. The van der Waals surface area contributed by atoms with Gasteiger partial charge in [-0.25, -0.2) is 10.0 Å². The third kappa shape index (κ3) is 2.58. The predicted octanol–water partition coefficient (Wildman–Crippen LogP) is -1.08. The lowest BCUT2D eigenvalue weighted by atomic mass is 10.2. The fourth-order valence-electron chi connectivity index (χ4n) is 2.85. The van der Waals surface area contributed by atoms with Gasteiger partial charge >= 0.3 is 0 Å². The molecular weight excluding hydrogens is 248 g/mol. The van der Waals surface area contributed by atoms with Crippen LogP contribution in [0, 0.1) is 0 Å². The van der Waals surface area contributed by atoms with Gasteiger partial charge in [-0.1, -0.05) is 0 Å². The molecule has 0 radical (unpaired) electrons. The topological polar surface area (TPSA) is 56.3 Å². The van der Waals surface area contributed by atoms with Crippen LogP contribution < -0.4 is 0 Å². The average Bonchev–Trinajstić information content (AvgIpc) is 2.59. The van der Waals surface area contributed by atoms with Crippen LogP contribution in [-0.4, -0.2) is 84.3 Å². The van der Waals surface area contributed by atoms with Gasteiger partial charge in [0, 0.05) is 26.2 Å². The summed E-state index contributed by atoms with van der Waals surface area (Å²) in [4.78, 5) is 24.6. The van der Waals surface area contributed by atoms with Crippen molar-refractivity contribution in [2.75, 3.05) is 52.5 Å². The number of nitrogens with zero attached hydrogens (tertiary/aromatic N) is 4. The van der Waals surface area contributed by atoms with Crippen molar-refractivity contribution in [1.29, 1.82) is 0 Å². The maximum absolute atomic E-state index is 12.3. The lowest BCUT2D eigenvalue weighted by molar-refractivity contribution is -0.163. The number of amides is 2. The highest BCUT2D eigenvalue weighted by atomic mass is 16.5. The van der Waals surface area contributed by atoms with Gasteiger partial charge in [0.1, 0.15) is 0 Å². The molecule has 0 aromatic carbocycles. The Morgan fingerprint density at radius 2 is 1.26 bits per heavy atom. The van der Waals surface area contributed by atoms with Gasteiger partial charge in [-0.2, -0.15) is 0 Å². The normalized spacial score (nSPS) is 27.4. The van der Waals surface area contributed by atoms with Crippen LogP contribution in [0.4, 0.5) is 0 Å². The first-order valence-electron chi connectivity index (χ1n) is 6.94. The molecule has 3 heterocycles. The van der Waals surface area contributed by atoms with Crippen molar-refractivity contribution in [3.63, 3.8) is 0 Å². The second kappa shape index (κ2) is 5.44. The Kier molecular flexibility index (Phi) is 3.67. The molecule has 3 aliphatic heterocycles. The van der Waals surface area contributed by atoms with Crippen molar-refractivity contribution in [2.24, 2.45) is 0 Å². The van der Waals surface area contributed by atoms with Crippen molar-refractivity contribution in [2.45, 2.75) is 12.8 Å². The fourth-order valence-corrected chi connectivity index (χ4v) is 2.85. The van der Waals surface area contributed by atoms with E-state index in [4.69, 9.17) is 4.74 Å². The van der Waals surface area contributed by atoms with Gasteiger partial charge in [-0.3, -0.25) is 19.6 Å². The zero-order valence-corrected chi connectivity index (χ0v) is 11.1. The van der Waals surface area contributed by atoms with E-state index in [-0.39, 0.29) is 11.8 Å². The van der Waals surface area contributed by atoms with Crippen LogP contribution >= 0.6 is 0 Å². The van der Waals surface area contributed by atoms with Gasteiger partial charge in [0.25, 0.3) is 11.8 Å². The molecule has 0 bridgehead atoms. The summed E-state index contributed by atoms with van der Waals surface area (Å²) in [6, 6.07) is 0. The summed E-state index contributed by atoms with van der Waals surface area (Å²) in [7, 11) is 0. The minimum Gasteiger partial charge on any atom is -0.379 e. The molecule has 0 atom stereocenters. The number of hydrogen-bond donors (Lipinski definition) is 0. The van der Waals surface area contributed by atoms with Crippen molar-refractivity contribution < 1.29 is 14.3 Å². The zero-order valence-electron chi connectivity index (χ0n) is 11.1. The van der Waals surface area contributed by atoms with Crippen LogP contribution in [-0.2, 0) is 14.3 Å². The molecule has 0 saturated carbocycles. The number of rotatable bonds is 1. The standard InChI is InChI=1S/C12H20N4O3/c17-11-9-14(13-5-7-19-8-6-13)10-12(18)16-4-2-1-3-15(11)16/h1-10H2. The summed E-state index contributed by atoms with van der Waals surface area (Å²) in [5.41, 5.74) is 0. The first-order valence-corrected chi connectivity index (χ1v) is 6.94. The molecule has 2 amide bonds. The van der Waals surface area contributed by atoms with Crippen molar-refractivity contribution >= 4 is 11.8 Å². The molecule has 7 heteroatoms. The second-order valence-corrected chi connectivity index (χ2v) is 5.13. The van der Waals surface area contributed by atoms with E-state index in [2.05, 4.69) is 5.01 Å². The Morgan fingerprint density at radius 1 is 0.737 bits per heavy atom. The van der Waals surface area contributed by atoms with Crippen LogP contribution in [0.15, 0.2) is 0 Å². The Labute approximate surface area is 112 Å². The van der Waals surface area contributed by atoms with Crippen LogP contribution in [0.5, 0.6) is 0 Å². The molecule has 7 nitrogen and oxygen atoms in total. The number of hydrazine groups is 2. The van der Waals surface area contributed by atoms with Crippen LogP contribution in [0.1, 0.15) is 12.8 Å². The molecule has 0 aromatic heterocycles. The Bertz CT molecular complexity index is 344. The number of carbonyl (C=O) groups excluding carboxylic acids is 2. The summed E-state index contributed by atoms with van der Waals surface area (Å²) in [5, 5.41) is 7.21. The summed E-state index contributed by atoms with van der Waals surface area (Å²) < 4.78 is 5.31. The van der Waals surface area contributed by atoms with Gasteiger partial charge in [-0.15, -0.1) is 0 Å². The Balaban J connectivity index is 1.74. The van der Waals surface area contributed by atoms with Gasteiger partial charge in [0.2, 0.25) is 0 Å². The Morgan fingerprint density at radius 3 is 1.79 bits per heavy atom. The lowest BCUT2D eigenvalue weighted by Gasteiger charge is -2.36. The van der Waals surface area contributed by atoms with E-state index in [0.29, 0.717) is 39.4 Å². The van der Waals surface area contributed by atoms with Gasteiger partial charge < -0.3 is 4.74 Å². The van der Waals surface area contributed by atoms with E-state index in [0.717, 1.165) is 25.9 Å². The largest absolute Gasteiger partial charge is 0.379 e. The van der Waals surface area contributed by atoms with Crippen LogP contribution in [0.25, 0.3) is 0 Å². The molecule has 0 aliphatic carbocycles. The van der Waals surface area contributed by atoms with E-state index in [9.17, 15) is 9.59 Å². The quantitative estimate of drug-likeness (QED) is 0.605. The highest BCUT2D eigenvalue weighted by molar-refractivity contribution is 5.86. The fraction of sp³-hybridized carbons (Fsp3) is 0.833. The van der Waals surface area contributed by atoms with Crippen LogP contribution in [0.2, 0.25) is 0 Å². The highest BCUT2D eigenvalue weighted by Crippen LogP contribution is 2.16. The van der Waals surface area contributed by atoms with E-state index in [1.54, 1.807) is 10.0 Å². The number of fused-ring (bicyclic) bond motifs is 1. The summed E-state index contributed by atoms with van der Waals surface area (Å²) in [5.74, 6) is 0.0501. The summed E-state index contributed by atoms with van der Waals surface area (Å²) in [6.07, 6.45) is 1.96. The molecule has 106 valence electrons. The molecule has 3 saturated heterocycles. The third-order valence-corrected chi connectivity index (χ3v) is 3.88. The van der Waals surface area contributed by atoms with E-state index >= 15 is 0 Å². The predicted molar refractivity (Wildman–Crippen MR) is 66.6 cm³/mol. The maximum atomic E-state index is 12.3. The second-order valence-electron chi connectivity index (χ2n) is 5.13. The van der Waals surface area contributed by atoms with Gasteiger partial charge in [0.15, 0.2) is 0 Å². The van der Waals surface area contributed by atoms with Crippen LogP contribution in [0.3, 0.4) is 0 Å². The lowest BCUT2D eigenvalue weighted by Crippen LogP contribution is -2.52. The van der Waals surface area contributed by atoms with Crippen molar-refractivity contribution in [1.82, 2.24) is 20.0 Å². The monoisotopic (exact) mass is 268 g/mol. The van der Waals surface area contributed by atoms with Crippen molar-refractivity contribution in [3.05, 3.63) is 0 Å². The van der Waals surface area contributed by atoms with E-state index < -0.39 is 0 Å². The van der Waals surface area contributed by atoms with Gasteiger partial charge in [0.05, 0.1) is 26.3 Å². The number of morpholine rings is 1. The first-order chi connectivity index (χ1) is 9.25. The molecule has 0 aromatic rings. The van der Waals surface area contributed by atoms with Gasteiger partial charge in [-0.05, 0) is 12.8 Å². The number of hydrogen-bond acceptors (Lipinski definition) is 5. The number of ether oxygens (including phenoxy) is 1. The molecule has 19 heavy (non-hydrogen) atoms. The summed E-state index contributed by atoms with van der Waals surface area (Å²) in [6.45, 7) is 4.74. The minimum absolute atomic E-state index is 0.0250. The molecule has 0 spiro atoms. The molecule has 3 fully saturated rings. The average molecular weight is 268 g/mol. The SMILES string of the molecule is O=C1CN(N2CCOCC2)CC(=O)N2CCCCN12.